The number of aliphatic hydroxyl groups excluding tert-OH is 1. The summed E-state index contributed by atoms with van der Waals surface area (Å²) in [6.07, 6.45) is -7.47. The zero-order chi connectivity index (χ0) is 14.6. The Bertz CT molecular complexity index is 427. The lowest BCUT2D eigenvalue weighted by Crippen LogP contribution is -2.35. The van der Waals surface area contributed by atoms with Gasteiger partial charge >= 0.3 is 12.2 Å². The van der Waals surface area contributed by atoms with Gasteiger partial charge in [-0.3, -0.25) is 0 Å². The maximum atomic E-state index is 12.1. The van der Waals surface area contributed by atoms with Gasteiger partial charge in [-0.15, -0.1) is 0 Å². The minimum atomic E-state index is -4.72. The van der Waals surface area contributed by atoms with Crippen molar-refractivity contribution in [3.05, 3.63) is 0 Å². The second-order valence-electron chi connectivity index (χ2n) is 3.90. The molecule has 1 aromatic rings. The van der Waals surface area contributed by atoms with Gasteiger partial charge in [0.25, 0.3) is 0 Å². The number of halogens is 3. The van der Waals surface area contributed by atoms with E-state index >= 15 is 0 Å². The zero-order valence-corrected chi connectivity index (χ0v) is 10.3. The van der Waals surface area contributed by atoms with Crippen molar-refractivity contribution in [2.45, 2.75) is 32.2 Å². The van der Waals surface area contributed by atoms with Crippen molar-refractivity contribution in [2.75, 3.05) is 17.6 Å². The second kappa shape index (κ2) is 5.87. The lowest BCUT2D eigenvalue weighted by Gasteiger charge is -2.15. The molecule has 0 aliphatic carbocycles. The summed E-state index contributed by atoms with van der Waals surface area (Å²) in [5, 5.41) is 11.0. The number of anilines is 2. The Balaban J connectivity index is 2.71. The molecule has 10 heteroatoms. The standard InChI is InChI=1S/C9H14F3N5O2/c1-4(2)19-8-16-6(13)15-7(17-8)14-3-5(18)9(10,11)12/h4-5,18H,3H2,1-2H3,(H3,13,14,15,16,17). The maximum Gasteiger partial charge on any atom is 0.416 e. The van der Waals surface area contributed by atoms with Crippen molar-refractivity contribution in [3.8, 4) is 6.01 Å². The topological polar surface area (TPSA) is 106 Å². The van der Waals surface area contributed by atoms with Gasteiger partial charge < -0.3 is 20.9 Å². The normalized spacial score (nSPS) is 13.4. The zero-order valence-electron chi connectivity index (χ0n) is 10.3. The van der Waals surface area contributed by atoms with Gasteiger partial charge in [-0.05, 0) is 13.8 Å². The summed E-state index contributed by atoms with van der Waals surface area (Å²) in [6.45, 7) is 2.65. The SMILES string of the molecule is CC(C)Oc1nc(N)nc(NCC(O)C(F)(F)F)n1. The Labute approximate surface area is 107 Å². The van der Waals surface area contributed by atoms with E-state index in [-0.39, 0.29) is 24.0 Å². The highest BCUT2D eigenvalue weighted by Gasteiger charge is 2.38. The molecule has 1 atom stereocenters. The number of aromatic nitrogens is 3. The first-order chi connectivity index (χ1) is 8.68. The lowest BCUT2D eigenvalue weighted by molar-refractivity contribution is -0.198. The molecule has 0 bridgehead atoms. The first-order valence-corrected chi connectivity index (χ1v) is 5.35. The number of nitrogen functional groups attached to an aromatic ring is 1. The van der Waals surface area contributed by atoms with Crippen molar-refractivity contribution in [1.82, 2.24) is 15.0 Å². The van der Waals surface area contributed by atoms with Crippen LogP contribution in [-0.4, -0.2) is 45.0 Å². The molecule has 0 spiro atoms. The van der Waals surface area contributed by atoms with Crippen LogP contribution >= 0.6 is 0 Å². The molecule has 0 aromatic carbocycles. The second-order valence-corrected chi connectivity index (χ2v) is 3.90. The van der Waals surface area contributed by atoms with Crippen LogP contribution in [-0.2, 0) is 0 Å². The van der Waals surface area contributed by atoms with Gasteiger partial charge in [0, 0.05) is 0 Å². The van der Waals surface area contributed by atoms with Gasteiger partial charge in [-0.1, -0.05) is 0 Å². The average molecular weight is 281 g/mol. The predicted molar refractivity (Wildman–Crippen MR) is 60.6 cm³/mol. The van der Waals surface area contributed by atoms with Gasteiger partial charge in [0.2, 0.25) is 11.9 Å². The molecule has 0 amide bonds. The van der Waals surface area contributed by atoms with Gasteiger partial charge in [0.05, 0.1) is 12.6 Å². The van der Waals surface area contributed by atoms with Crippen molar-refractivity contribution >= 4 is 11.9 Å². The number of alkyl halides is 3. The molecule has 0 aliphatic rings. The highest BCUT2D eigenvalue weighted by molar-refractivity contribution is 5.32. The Morgan fingerprint density at radius 3 is 2.47 bits per heavy atom. The molecule has 19 heavy (non-hydrogen) atoms. The third kappa shape index (κ3) is 5.12. The van der Waals surface area contributed by atoms with Crippen LogP contribution in [0, 0.1) is 0 Å². The van der Waals surface area contributed by atoms with Crippen LogP contribution in [0.2, 0.25) is 0 Å². The summed E-state index contributed by atoms with van der Waals surface area (Å²) in [6, 6.07) is -0.105. The molecule has 1 aromatic heterocycles. The number of hydrogen-bond acceptors (Lipinski definition) is 7. The third-order valence-electron chi connectivity index (χ3n) is 1.80. The third-order valence-corrected chi connectivity index (χ3v) is 1.80. The fourth-order valence-corrected chi connectivity index (χ4v) is 1.02. The Hall–Kier alpha value is -1.84. The molecule has 1 heterocycles. The number of aliphatic hydroxyl groups is 1. The van der Waals surface area contributed by atoms with E-state index in [0.717, 1.165) is 0 Å². The lowest BCUT2D eigenvalue weighted by atomic mass is 10.3. The van der Waals surface area contributed by atoms with Crippen LogP contribution in [0.15, 0.2) is 0 Å². The first-order valence-electron chi connectivity index (χ1n) is 5.35. The quantitative estimate of drug-likeness (QED) is 0.724. The highest BCUT2D eigenvalue weighted by atomic mass is 19.4. The summed E-state index contributed by atoms with van der Waals surface area (Å²) in [4.78, 5) is 11.0. The van der Waals surface area contributed by atoms with E-state index in [9.17, 15) is 13.2 Å². The van der Waals surface area contributed by atoms with E-state index in [1.54, 1.807) is 13.8 Å². The predicted octanol–water partition coefficient (Wildman–Crippen LogP) is 0.576. The molecule has 0 aliphatic heterocycles. The molecular weight excluding hydrogens is 267 g/mol. The van der Waals surface area contributed by atoms with Crippen molar-refractivity contribution in [2.24, 2.45) is 0 Å². The van der Waals surface area contributed by atoms with Crippen LogP contribution < -0.4 is 15.8 Å². The number of ether oxygens (including phenoxy) is 1. The molecule has 7 nitrogen and oxygen atoms in total. The van der Waals surface area contributed by atoms with Crippen molar-refractivity contribution in [3.63, 3.8) is 0 Å². The average Bonchev–Trinajstić information content (AvgIpc) is 2.22. The number of hydrogen-bond donors (Lipinski definition) is 3. The Morgan fingerprint density at radius 1 is 1.32 bits per heavy atom. The van der Waals surface area contributed by atoms with Crippen molar-refractivity contribution in [1.29, 1.82) is 0 Å². The van der Waals surface area contributed by atoms with Gasteiger partial charge in [-0.2, -0.15) is 28.1 Å². The van der Waals surface area contributed by atoms with E-state index < -0.39 is 18.8 Å². The largest absolute Gasteiger partial charge is 0.461 e. The summed E-state index contributed by atoms with van der Waals surface area (Å²) in [5.74, 6) is -0.402. The minimum Gasteiger partial charge on any atom is -0.461 e. The van der Waals surface area contributed by atoms with Crippen LogP contribution in [0.25, 0.3) is 0 Å². The Morgan fingerprint density at radius 2 is 1.95 bits per heavy atom. The molecule has 0 saturated carbocycles. The van der Waals surface area contributed by atoms with E-state index in [1.165, 1.54) is 0 Å². The van der Waals surface area contributed by atoms with E-state index in [4.69, 9.17) is 15.6 Å². The van der Waals surface area contributed by atoms with E-state index in [1.807, 2.05) is 0 Å². The number of nitrogens with one attached hydrogen (secondary N) is 1. The smallest absolute Gasteiger partial charge is 0.416 e. The molecule has 1 rings (SSSR count). The van der Waals surface area contributed by atoms with E-state index in [0.29, 0.717) is 0 Å². The fourth-order valence-electron chi connectivity index (χ4n) is 1.02. The maximum absolute atomic E-state index is 12.1. The minimum absolute atomic E-state index is 0.105. The first kappa shape index (κ1) is 15.2. The molecule has 4 N–H and O–H groups in total. The van der Waals surface area contributed by atoms with Crippen LogP contribution in [0.5, 0.6) is 6.01 Å². The summed E-state index contributed by atoms with van der Waals surface area (Å²) in [5.41, 5.74) is 5.36. The summed E-state index contributed by atoms with van der Waals surface area (Å²) in [7, 11) is 0. The van der Waals surface area contributed by atoms with E-state index in [2.05, 4.69) is 20.3 Å². The molecule has 1 unspecified atom stereocenters. The van der Waals surface area contributed by atoms with Crippen LogP contribution in [0.1, 0.15) is 13.8 Å². The summed E-state index contributed by atoms with van der Waals surface area (Å²) < 4.78 is 41.4. The number of rotatable bonds is 5. The molecule has 0 fully saturated rings. The molecule has 108 valence electrons. The van der Waals surface area contributed by atoms with Gasteiger partial charge in [0.15, 0.2) is 6.10 Å². The Kier molecular flexibility index (Phi) is 4.70. The molecular formula is C9H14F3N5O2. The molecule has 0 radical (unpaired) electrons. The highest BCUT2D eigenvalue weighted by Crippen LogP contribution is 2.20. The monoisotopic (exact) mass is 281 g/mol. The van der Waals surface area contributed by atoms with Gasteiger partial charge in [-0.25, -0.2) is 0 Å². The summed E-state index contributed by atoms with van der Waals surface area (Å²) >= 11 is 0. The molecule has 0 saturated heterocycles. The number of nitrogens with zero attached hydrogens (tertiary/aromatic N) is 3. The number of nitrogens with two attached hydrogens (primary N) is 1. The fraction of sp³-hybridized carbons (Fsp3) is 0.667. The van der Waals surface area contributed by atoms with Crippen LogP contribution in [0.4, 0.5) is 25.1 Å². The van der Waals surface area contributed by atoms with Gasteiger partial charge in [0.1, 0.15) is 0 Å². The van der Waals surface area contributed by atoms with Crippen molar-refractivity contribution < 1.29 is 23.0 Å². The van der Waals surface area contributed by atoms with Crippen LogP contribution in [0.3, 0.4) is 0 Å².